The molecular formula is C17H16N2O2S2. The first-order valence-electron chi connectivity index (χ1n) is 7.07. The van der Waals surface area contributed by atoms with Crippen molar-refractivity contribution >= 4 is 27.2 Å². The van der Waals surface area contributed by atoms with Gasteiger partial charge in [0.15, 0.2) is 0 Å². The van der Waals surface area contributed by atoms with Crippen molar-refractivity contribution in [3.8, 4) is 10.4 Å². The summed E-state index contributed by atoms with van der Waals surface area (Å²) in [6.45, 7) is 3.86. The molecule has 0 aliphatic carbocycles. The maximum absolute atomic E-state index is 12.4. The number of benzene rings is 2. The Bertz CT molecular complexity index is 929. The molecule has 0 aliphatic rings. The Morgan fingerprint density at radius 3 is 2.39 bits per heavy atom. The molecule has 3 rings (SSSR count). The van der Waals surface area contributed by atoms with Crippen molar-refractivity contribution in [2.45, 2.75) is 18.7 Å². The van der Waals surface area contributed by atoms with Gasteiger partial charge >= 0.3 is 0 Å². The Kier molecular flexibility index (Phi) is 4.19. The molecule has 1 heterocycles. The van der Waals surface area contributed by atoms with Gasteiger partial charge in [-0.15, -0.1) is 0 Å². The summed E-state index contributed by atoms with van der Waals surface area (Å²) in [5, 5.41) is 0. The Balaban J connectivity index is 1.89. The van der Waals surface area contributed by atoms with E-state index in [1.807, 2.05) is 38.1 Å². The van der Waals surface area contributed by atoms with Crippen LogP contribution in [0.3, 0.4) is 0 Å². The van der Waals surface area contributed by atoms with Gasteiger partial charge < -0.3 is 0 Å². The average Bonchev–Trinajstić information content (AvgIpc) is 2.94. The SMILES string of the molecule is Cc1ccc(S(=O)(=O)Nc2cccc(-c3cc(C)ns3)c2)cc1. The van der Waals surface area contributed by atoms with E-state index in [9.17, 15) is 8.42 Å². The van der Waals surface area contributed by atoms with E-state index < -0.39 is 10.0 Å². The topological polar surface area (TPSA) is 59.1 Å². The van der Waals surface area contributed by atoms with E-state index in [2.05, 4.69) is 9.10 Å². The van der Waals surface area contributed by atoms with Gasteiger partial charge in [-0.2, -0.15) is 4.37 Å². The van der Waals surface area contributed by atoms with Crippen LogP contribution in [0.1, 0.15) is 11.3 Å². The van der Waals surface area contributed by atoms with Crippen LogP contribution in [0.4, 0.5) is 5.69 Å². The molecule has 2 aromatic carbocycles. The van der Waals surface area contributed by atoms with Crippen LogP contribution < -0.4 is 4.72 Å². The molecule has 1 N–H and O–H groups in total. The molecule has 118 valence electrons. The highest BCUT2D eigenvalue weighted by molar-refractivity contribution is 7.92. The lowest BCUT2D eigenvalue weighted by atomic mass is 10.1. The molecule has 0 spiro atoms. The second-order valence-electron chi connectivity index (χ2n) is 5.33. The molecule has 0 unspecified atom stereocenters. The summed E-state index contributed by atoms with van der Waals surface area (Å²) in [4.78, 5) is 1.26. The fourth-order valence-corrected chi connectivity index (χ4v) is 3.97. The lowest BCUT2D eigenvalue weighted by Crippen LogP contribution is -2.12. The minimum atomic E-state index is -3.59. The summed E-state index contributed by atoms with van der Waals surface area (Å²) >= 11 is 1.40. The van der Waals surface area contributed by atoms with Crippen LogP contribution in [0.5, 0.6) is 0 Å². The number of hydrogen-bond acceptors (Lipinski definition) is 4. The molecular weight excluding hydrogens is 328 g/mol. The second kappa shape index (κ2) is 6.14. The number of rotatable bonds is 4. The van der Waals surface area contributed by atoms with Crippen LogP contribution in [0.15, 0.2) is 59.5 Å². The third kappa shape index (κ3) is 3.60. The first-order valence-corrected chi connectivity index (χ1v) is 9.33. The van der Waals surface area contributed by atoms with Crippen molar-refractivity contribution in [1.29, 1.82) is 0 Å². The van der Waals surface area contributed by atoms with Gasteiger partial charge in [-0.25, -0.2) is 8.42 Å². The van der Waals surface area contributed by atoms with Crippen LogP contribution in [0.25, 0.3) is 10.4 Å². The molecule has 0 saturated heterocycles. The van der Waals surface area contributed by atoms with E-state index in [0.29, 0.717) is 5.69 Å². The Hall–Kier alpha value is -2.18. The standard InChI is InChI=1S/C17H16N2O2S2/c1-12-6-8-16(9-7-12)23(20,21)19-15-5-3-4-14(11-15)17-10-13(2)18-22-17/h3-11,19H,1-2H3. The van der Waals surface area contributed by atoms with E-state index in [4.69, 9.17) is 0 Å². The summed E-state index contributed by atoms with van der Waals surface area (Å²) in [6, 6.07) is 16.1. The molecule has 6 heteroatoms. The highest BCUT2D eigenvalue weighted by Gasteiger charge is 2.14. The van der Waals surface area contributed by atoms with Gasteiger partial charge in [-0.3, -0.25) is 4.72 Å². The largest absolute Gasteiger partial charge is 0.280 e. The maximum Gasteiger partial charge on any atom is 0.261 e. The van der Waals surface area contributed by atoms with Gasteiger partial charge in [-0.05, 0) is 61.3 Å². The van der Waals surface area contributed by atoms with Gasteiger partial charge in [0, 0.05) is 5.69 Å². The highest BCUT2D eigenvalue weighted by Crippen LogP contribution is 2.27. The van der Waals surface area contributed by atoms with E-state index >= 15 is 0 Å². The van der Waals surface area contributed by atoms with E-state index in [1.165, 1.54) is 11.5 Å². The van der Waals surface area contributed by atoms with Crippen LogP contribution in [0, 0.1) is 13.8 Å². The van der Waals surface area contributed by atoms with Crippen LogP contribution >= 0.6 is 11.5 Å². The summed E-state index contributed by atoms with van der Waals surface area (Å²) < 4.78 is 31.8. The molecule has 0 atom stereocenters. The zero-order valence-electron chi connectivity index (χ0n) is 12.8. The zero-order chi connectivity index (χ0) is 16.4. The molecule has 3 aromatic rings. The molecule has 0 amide bonds. The third-order valence-electron chi connectivity index (χ3n) is 3.36. The fourth-order valence-electron chi connectivity index (χ4n) is 2.17. The first-order chi connectivity index (χ1) is 10.9. The number of sulfonamides is 1. The van der Waals surface area contributed by atoms with E-state index in [0.717, 1.165) is 21.7 Å². The molecule has 0 aliphatic heterocycles. The van der Waals surface area contributed by atoms with Gasteiger partial charge in [0.2, 0.25) is 0 Å². The van der Waals surface area contributed by atoms with Crippen molar-refractivity contribution in [3.05, 3.63) is 65.9 Å². The first kappa shape index (κ1) is 15.7. The lowest BCUT2D eigenvalue weighted by Gasteiger charge is -2.09. The second-order valence-corrected chi connectivity index (χ2v) is 7.82. The molecule has 0 saturated carbocycles. The fraction of sp³-hybridized carbons (Fsp3) is 0.118. The number of aromatic nitrogens is 1. The minimum Gasteiger partial charge on any atom is -0.280 e. The average molecular weight is 344 g/mol. The molecule has 0 bridgehead atoms. The van der Waals surface area contributed by atoms with Crippen LogP contribution in [-0.2, 0) is 10.0 Å². The smallest absolute Gasteiger partial charge is 0.261 e. The normalized spacial score (nSPS) is 11.4. The summed E-state index contributed by atoms with van der Waals surface area (Å²) in [6.07, 6.45) is 0. The minimum absolute atomic E-state index is 0.252. The van der Waals surface area contributed by atoms with Crippen molar-refractivity contribution < 1.29 is 8.42 Å². The van der Waals surface area contributed by atoms with Crippen LogP contribution in [0.2, 0.25) is 0 Å². The summed E-state index contributed by atoms with van der Waals surface area (Å²) in [7, 11) is -3.59. The number of hydrogen-bond donors (Lipinski definition) is 1. The number of nitrogens with zero attached hydrogens (tertiary/aromatic N) is 1. The van der Waals surface area contributed by atoms with E-state index in [-0.39, 0.29) is 4.90 Å². The van der Waals surface area contributed by atoms with Gasteiger partial charge in [-0.1, -0.05) is 29.8 Å². The van der Waals surface area contributed by atoms with Crippen molar-refractivity contribution in [2.75, 3.05) is 4.72 Å². The van der Waals surface area contributed by atoms with Crippen molar-refractivity contribution in [1.82, 2.24) is 4.37 Å². The van der Waals surface area contributed by atoms with E-state index in [1.54, 1.807) is 30.3 Å². The van der Waals surface area contributed by atoms with Crippen LogP contribution in [-0.4, -0.2) is 12.8 Å². The Morgan fingerprint density at radius 1 is 1.00 bits per heavy atom. The zero-order valence-corrected chi connectivity index (χ0v) is 14.4. The summed E-state index contributed by atoms with van der Waals surface area (Å²) in [5.41, 5.74) is 3.45. The highest BCUT2D eigenvalue weighted by atomic mass is 32.2. The molecule has 0 radical (unpaired) electrons. The molecule has 23 heavy (non-hydrogen) atoms. The predicted molar refractivity (Wildman–Crippen MR) is 94.3 cm³/mol. The summed E-state index contributed by atoms with van der Waals surface area (Å²) in [5.74, 6) is 0. The van der Waals surface area contributed by atoms with Gasteiger partial charge in [0.1, 0.15) is 0 Å². The lowest BCUT2D eigenvalue weighted by molar-refractivity contribution is 0.601. The van der Waals surface area contributed by atoms with Gasteiger partial charge in [0.05, 0.1) is 15.5 Å². The molecule has 1 aromatic heterocycles. The number of aryl methyl sites for hydroxylation is 2. The van der Waals surface area contributed by atoms with Crippen molar-refractivity contribution in [3.63, 3.8) is 0 Å². The maximum atomic E-state index is 12.4. The number of nitrogens with one attached hydrogen (secondary N) is 1. The monoisotopic (exact) mass is 344 g/mol. The molecule has 4 nitrogen and oxygen atoms in total. The number of anilines is 1. The Morgan fingerprint density at radius 2 is 1.74 bits per heavy atom. The van der Waals surface area contributed by atoms with Crippen molar-refractivity contribution in [2.24, 2.45) is 0 Å². The Labute approximate surface area is 140 Å². The quantitative estimate of drug-likeness (QED) is 0.770. The molecule has 0 fully saturated rings. The predicted octanol–water partition coefficient (Wildman–Crippen LogP) is 4.23. The third-order valence-corrected chi connectivity index (χ3v) is 5.69. The van der Waals surface area contributed by atoms with Gasteiger partial charge in [0.25, 0.3) is 10.0 Å².